The molecule has 1 unspecified atom stereocenters. The van der Waals surface area contributed by atoms with E-state index in [1.54, 1.807) is 37.3 Å². The first kappa shape index (κ1) is 24.2. The van der Waals surface area contributed by atoms with Crippen molar-refractivity contribution in [2.75, 3.05) is 29.9 Å². The van der Waals surface area contributed by atoms with Crippen molar-refractivity contribution in [3.63, 3.8) is 0 Å². The molecule has 1 aliphatic heterocycles. The number of hydrogen-bond donors (Lipinski definition) is 1. The molecule has 1 amide bonds. The predicted molar refractivity (Wildman–Crippen MR) is 135 cm³/mol. The van der Waals surface area contributed by atoms with E-state index in [9.17, 15) is 14.4 Å². The van der Waals surface area contributed by atoms with Gasteiger partial charge in [-0.15, -0.1) is 5.10 Å². The quantitative estimate of drug-likeness (QED) is 0.523. The van der Waals surface area contributed by atoms with Gasteiger partial charge in [0.15, 0.2) is 0 Å². The van der Waals surface area contributed by atoms with Crippen LogP contribution in [0.25, 0.3) is 5.69 Å². The van der Waals surface area contributed by atoms with Crippen LogP contribution in [0.1, 0.15) is 42.6 Å². The summed E-state index contributed by atoms with van der Waals surface area (Å²) < 4.78 is 6.44. The minimum Gasteiger partial charge on any atom is -0.462 e. The van der Waals surface area contributed by atoms with Crippen LogP contribution >= 0.6 is 0 Å². The number of anilines is 2. The van der Waals surface area contributed by atoms with E-state index in [1.807, 2.05) is 29.2 Å². The number of nitrogens with zero attached hydrogens (tertiary/aromatic N) is 3. The first-order valence-corrected chi connectivity index (χ1v) is 12.0. The largest absolute Gasteiger partial charge is 0.462 e. The van der Waals surface area contributed by atoms with E-state index in [0.29, 0.717) is 35.9 Å². The molecule has 0 spiro atoms. The van der Waals surface area contributed by atoms with Gasteiger partial charge in [-0.2, -0.15) is 4.68 Å². The minimum atomic E-state index is -0.419. The SMILES string of the molecule is CCOC(=O)c1cccc(NC(=O)C2CCCN(c3ccc(=O)n(-c4ccc(CC)cc4)n3)C2)c1. The molecule has 1 atom stereocenters. The maximum Gasteiger partial charge on any atom is 0.338 e. The van der Waals surface area contributed by atoms with E-state index in [0.717, 1.165) is 25.8 Å². The molecule has 182 valence electrons. The van der Waals surface area contributed by atoms with Crippen molar-refractivity contribution in [3.05, 3.63) is 82.1 Å². The fourth-order valence-corrected chi connectivity index (χ4v) is 4.21. The van der Waals surface area contributed by atoms with E-state index in [-0.39, 0.29) is 17.4 Å². The lowest BCUT2D eigenvalue weighted by Gasteiger charge is -2.33. The lowest BCUT2D eigenvalue weighted by molar-refractivity contribution is -0.120. The third-order valence-electron chi connectivity index (χ3n) is 6.13. The van der Waals surface area contributed by atoms with Crippen molar-refractivity contribution in [1.29, 1.82) is 0 Å². The third kappa shape index (κ3) is 5.77. The summed E-state index contributed by atoms with van der Waals surface area (Å²) in [6.45, 7) is 5.37. The fourth-order valence-electron chi connectivity index (χ4n) is 4.21. The molecule has 0 radical (unpaired) electrons. The number of aryl methyl sites for hydroxylation is 1. The van der Waals surface area contributed by atoms with Crippen molar-refractivity contribution in [3.8, 4) is 5.69 Å². The molecule has 1 fully saturated rings. The standard InChI is InChI=1S/C27H30N4O4/c1-3-19-10-12-23(13-11-19)31-25(32)15-14-24(29-31)30-16-6-8-21(18-30)26(33)28-22-9-5-7-20(17-22)27(34)35-4-2/h5,7,9-15,17,21H,3-4,6,8,16,18H2,1-2H3,(H,28,33). The molecule has 4 rings (SSSR count). The Morgan fingerprint density at radius 1 is 1.09 bits per heavy atom. The molecule has 8 nitrogen and oxygen atoms in total. The van der Waals surface area contributed by atoms with Crippen LogP contribution in [0.2, 0.25) is 0 Å². The predicted octanol–water partition coefficient (Wildman–Crippen LogP) is 3.83. The Balaban J connectivity index is 1.47. The van der Waals surface area contributed by atoms with Crippen LogP contribution in [0.15, 0.2) is 65.5 Å². The first-order valence-electron chi connectivity index (χ1n) is 12.0. The van der Waals surface area contributed by atoms with E-state index in [1.165, 1.54) is 16.3 Å². The maximum absolute atomic E-state index is 13.0. The molecular weight excluding hydrogens is 444 g/mol. The van der Waals surface area contributed by atoms with E-state index >= 15 is 0 Å². The van der Waals surface area contributed by atoms with Crippen LogP contribution in [0.5, 0.6) is 0 Å². The van der Waals surface area contributed by atoms with Crippen LogP contribution < -0.4 is 15.8 Å². The van der Waals surface area contributed by atoms with Gasteiger partial charge in [0, 0.05) is 24.8 Å². The lowest BCUT2D eigenvalue weighted by Crippen LogP contribution is -2.41. The van der Waals surface area contributed by atoms with Crippen molar-refractivity contribution in [2.45, 2.75) is 33.1 Å². The summed E-state index contributed by atoms with van der Waals surface area (Å²) in [4.78, 5) is 39.5. The van der Waals surface area contributed by atoms with Crippen LogP contribution in [0.3, 0.4) is 0 Å². The Labute approximate surface area is 204 Å². The van der Waals surface area contributed by atoms with Gasteiger partial charge < -0.3 is 15.0 Å². The monoisotopic (exact) mass is 474 g/mol. The van der Waals surface area contributed by atoms with Gasteiger partial charge in [-0.05, 0) is 68.1 Å². The highest BCUT2D eigenvalue weighted by atomic mass is 16.5. The number of esters is 1. The number of piperidine rings is 1. The third-order valence-corrected chi connectivity index (χ3v) is 6.13. The zero-order chi connectivity index (χ0) is 24.8. The molecule has 0 aliphatic carbocycles. The fraction of sp³-hybridized carbons (Fsp3) is 0.333. The molecule has 1 N–H and O–H groups in total. The molecule has 1 saturated heterocycles. The average molecular weight is 475 g/mol. The Hall–Kier alpha value is -3.94. The van der Waals surface area contributed by atoms with E-state index < -0.39 is 5.97 Å². The van der Waals surface area contributed by atoms with Crippen LogP contribution in [-0.2, 0) is 16.0 Å². The van der Waals surface area contributed by atoms with Crippen LogP contribution in [0.4, 0.5) is 11.5 Å². The van der Waals surface area contributed by atoms with Gasteiger partial charge in [0.1, 0.15) is 5.82 Å². The normalized spacial score (nSPS) is 15.5. The summed E-state index contributed by atoms with van der Waals surface area (Å²) in [7, 11) is 0. The van der Waals surface area contributed by atoms with Gasteiger partial charge >= 0.3 is 5.97 Å². The molecule has 35 heavy (non-hydrogen) atoms. The number of carbonyl (C=O) groups excluding carboxylic acids is 2. The highest BCUT2D eigenvalue weighted by Gasteiger charge is 2.27. The number of benzene rings is 2. The second-order valence-electron chi connectivity index (χ2n) is 8.54. The Morgan fingerprint density at radius 2 is 1.89 bits per heavy atom. The highest BCUT2D eigenvalue weighted by Crippen LogP contribution is 2.23. The molecule has 0 bridgehead atoms. The van der Waals surface area contributed by atoms with E-state index in [2.05, 4.69) is 17.3 Å². The first-order chi connectivity index (χ1) is 17.0. The second-order valence-corrected chi connectivity index (χ2v) is 8.54. The van der Waals surface area contributed by atoms with Crippen LogP contribution in [-0.4, -0.2) is 41.4 Å². The molecular formula is C27H30N4O4. The van der Waals surface area contributed by atoms with Gasteiger partial charge in [0.2, 0.25) is 5.91 Å². The molecule has 1 aromatic heterocycles. The van der Waals surface area contributed by atoms with Crippen molar-refractivity contribution in [1.82, 2.24) is 9.78 Å². The Morgan fingerprint density at radius 3 is 2.63 bits per heavy atom. The summed E-state index contributed by atoms with van der Waals surface area (Å²) in [5, 5.41) is 7.52. The van der Waals surface area contributed by atoms with Crippen LogP contribution in [0, 0.1) is 5.92 Å². The molecule has 1 aliphatic rings. The number of aromatic nitrogens is 2. The summed E-state index contributed by atoms with van der Waals surface area (Å²) in [5.41, 5.74) is 2.65. The number of nitrogens with one attached hydrogen (secondary N) is 1. The van der Waals surface area contributed by atoms with Crippen molar-refractivity contribution >= 4 is 23.4 Å². The van der Waals surface area contributed by atoms with Gasteiger partial charge in [-0.3, -0.25) is 9.59 Å². The number of amides is 1. The van der Waals surface area contributed by atoms with Gasteiger partial charge in [0.05, 0.1) is 23.8 Å². The molecule has 3 aromatic rings. The second kappa shape index (κ2) is 11.0. The Kier molecular flexibility index (Phi) is 7.60. The maximum atomic E-state index is 13.0. The number of rotatable bonds is 7. The average Bonchev–Trinajstić information content (AvgIpc) is 2.89. The van der Waals surface area contributed by atoms with Gasteiger partial charge in [0.25, 0.3) is 5.56 Å². The number of ether oxygens (including phenoxy) is 1. The topological polar surface area (TPSA) is 93.5 Å². The molecule has 8 heteroatoms. The van der Waals surface area contributed by atoms with Crippen molar-refractivity contribution < 1.29 is 14.3 Å². The number of hydrogen-bond acceptors (Lipinski definition) is 6. The van der Waals surface area contributed by atoms with Gasteiger partial charge in [-0.25, -0.2) is 4.79 Å². The summed E-state index contributed by atoms with van der Waals surface area (Å²) >= 11 is 0. The van der Waals surface area contributed by atoms with E-state index in [4.69, 9.17) is 4.74 Å². The highest BCUT2D eigenvalue weighted by molar-refractivity contribution is 5.95. The summed E-state index contributed by atoms with van der Waals surface area (Å²) in [6.07, 6.45) is 2.50. The zero-order valence-corrected chi connectivity index (χ0v) is 20.1. The zero-order valence-electron chi connectivity index (χ0n) is 20.1. The summed E-state index contributed by atoms with van der Waals surface area (Å²) in [5.74, 6) is -0.121. The van der Waals surface area contributed by atoms with Crippen molar-refractivity contribution in [2.24, 2.45) is 5.92 Å². The van der Waals surface area contributed by atoms with Gasteiger partial charge in [-0.1, -0.05) is 25.1 Å². The molecule has 2 heterocycles. The minimum absolute atomic E-state index is 0.112. The molecule has 2 aromatic carbocycles. The smallest absolute Gasteiger partial charge is 0.338 e. The summed E-state index contributed by atoms with van der Waals surface area (Å²) in [6, 6.07) is 17.8. The molecule has 0 saturated carbocycles. The Bertz CT molecular complexity index is 1250. The lowest BCUT2D eigenvalue weighted by atomic mass is 9.97. The number of carbonyl (C=O) groups is 2.